The number of primary amides is 1. The largest absolute Gasteiger partial charge is 0.373 e. The maximum absolute atomic E-state index is 14.7. The molecule has 0 unspecified atom stereocenters. The van der Waals surface area contributed by atoms with Gasteiger partial charge in [0.25, 0.3) is 5.91 Å². The number of aromatic nitrogens is 4. The average Bonchev–Trinajstić information content (AvgIpc) is 3.35. The lowest BCUT2D eigenvalue weighted by Gasteiger charge is -2.27. The van der Waals surface area contributed by atoms with E-state index in [2.05, 4.69) is 32.6 Å². The zero-order valence-electron chi connectivity index (χ0n) is 16.6. The summed E-state index contributed by atoms with van der Waals surface area (Å²) in [7, 11) is 1.71. The van der Waals surface area contributed by atoms with Crippen molar-refractivity contribution in [3.63, 3.8) is 0 Å². The minimum atomic E-state index is -0.624. The van der Waals surface area contributed by atoms with Crippen molar-refractivity contribution in [2.24, 2.45) is 11.7 Å². The van der Waals surface area contributed by atoms with E-state index in [0.717, 1.165) is 31.4 Å². The average molecular weight is 407 g/mol. The number of imidazole rings is 1. The smallest absolute Gasteiger partial charge is 0.255 e. The highest BCUT2D eigenvalue weighted by atomic mass is 19.1. The van der Waals surface area contributed by atoms with Gasteiger partial charge in [0, 0.05) is 44.7 Å². The van der Waals surface area contributed by atoms with Gasteiger partial charge in [-0.2, -0.15) is 5.10 Å². The van der Waals surface area contributed by atoms with Crippen LogP contribution in [0.15, 0.2) is 18.5 Å². The molecule has 8 nitrogen and oxygen atoms in total. The molecular weight excluding hydrogens is 385 g/mol. The van der Waals surface area contributed by atoms with E-state index < -0.39 is 11.7 Å². The molecule has 1 saturated heterocycles. The van der Waals surface area contributed by atoms with Crippen LogP contribution < -0.4 is 16.4 Å². The summed E-state index contributed by atoms with van der Waals surface area (Å²) in [5.74, 6) is 5.58. The zero-order chi connectivity index (χ0) is 20.8. The molecule has 0 atom stereocenters. The Balaban J connectivity index is 1.53. The molecule has 154 valence electrons. The maximum Gasteiger partial charge on any atom is 0.255 e. The maximum atomic E-state index is 14.7. The predicted molar refractivity (Wildman–Crippen MR) is 111 cm³/mol. The van der Waals surface area contributed by atoms with E-state index in [1.807, 2.05) is 4.57 Å². The number of nitrogens with two attached hydrogens (primary N) is 1. The van der Waals surface area contributed by atoms with Crippen LogP contribution >= 0.6 is 0 Å². The number of halogens is 1. The zero-order valence-corrected chi connectivity index (χ0v) is 16.6. The lowest BCUT2D eigenvalue weighted by atomic mass is 10.0. The van der Waals surface area contributed by atoms with E-state index in [-0.39, 0.29) is 16.8 Å². The Morgan fingerprint density at radius 1 is 1.37 bits per heavy atom. The van der Waals surface area contributed by atoms with E-state index in [4.69, 9.17) is 5.73 Å². The van der Waals surface area contributed by atoms with Crippen LogP contribution in [0.2, 0.25) is 0 Å². The predicted octanol–water partition coefficient (Wildman–Crippen LogP) is 1.47. The van der Waals surface area contributed by atoms with Crippen molar-refractivity contribution in [2.75, 3.05) is 25.5 Å². The molecule has 1 saturated carbocycles. The number of hydrogen-bond acceptors (Lipinski definition) is 5. The van der Waals surface area contributed by atoms with Crippen molar-refractivity contribution < 1.29 is 9.18 Å². The molecule has 30 heavy (non-hydrogen) atoms. The van der Waals surface area contributed by atoms with Crippen molar-refractivity contribution in [3.8, 4) is 11.8 Å². The molecule has 1 aromatic carbocycles. The van der Waals surface area contributed by atoms with E-state index in [0.29, 0.717) is 29.8 Å². The molecule has 1 aliphatic heterocycles. The number of carbonyl (C=O) groups excluding carboxylic acids is 1. The van der Waals surface area contributed by atoms with Crippen molar-refractivity contribution in [2.45, 2.75) is 25.4 Å². The van der Waals surface area contributed by atoms with Crippen LogP contribution in [-0.4, -0.2) is 45.4 Å². The molecule has 3 heterocycles. The van der Waals surface area contributed by atoms with Gasteiger partial charge < -0.3 is 20.9 Å². The van der Waals surface area contributed by atoms with Crippen LogP contribution in [0.25, 0.3) is 11.0 Å². The van der Waals surface area contributed by atoms with Gasteiger partial charge in [-0.25, -0.2) is 14.1 Å². The number of fused-ring (bicyclic) bond motifs is 1. The van der Waals surface area contributed by atoms with Crippen molar-refractivity contribution in [3.05, 3.63) is 41.1 Å². The van der Waals surface area contributed by atoms with Crippen LogP contribution in [0.4, 0.5) is 10.2 Å². The molecule has 2 aromatic heterocycles. The number of anilines is 1. The normalized spacial score (nSPS) is 16.2. The number of hydrogen-bond donors (Lipinski definition) is 3. The Bertz CT molecular complexity index is 1210. The van der Waals surface area contributed by atoms with Crippen LogP contribution in [0.5, 0.6) is 0 Å². The number of carbonyl (C=O) groups is 1. The first-order valence-corrected chi connectivity index (χ1v) is 10.0. The second kappa shape index (κ2) is 7.15. The van der Waals surface area contributed by atoms with Gasteiger partial charge in [0.05, 0.1) is 22.9 Å². The first kappa shape index (κ1) is 18.6. The van der Waals surface area contributed by atoms with Crippen LogP contribution in [0.3, 0.4) is 0 Å². The second-order valence-corrected chi connectivity index (χ2v) is 7.85. The van der Waals surface area contributed by atoms with Crippen molar-refractivity contribution in [1.82, 2.24) is 24.6 Å². The Labute approximate surface area is 172 Å². The highest BCUT2D eigenvalue weighted by molar-refractivity contribution is 6.00. The Hall–Kier alpha value is -3.38. The molecule has 0 spiro atoms. The number of amides is 1. The van der Waals surface area contributed by atoms with Crippen LogP contribution in [0.1, 0.15) is 40.5 Å². The fourth-order valence-corrected chi connectivity index (χ4v) is 3.81. The van der Waals surface area contributed by atoms with Gasteiger partial charge in [0.15, 0.2) is 5.69 Å². The van der Waals surface area contributed by atoms with Gasteiger partial charge in [-0.3, -0.25) is 4.79 Å². The van der Waals surface area contributed by atoms with Gasteiger partial charge in [-0.1, -0.05) is 5.92 Å². The SMILES string of the molecule is CNc1c(C(N)=O)c(C#Cc2cc3ncn(C4CC4)c3cc2F)nn1CC1CNC1. The third-order valence-corrected chi connectivity index (χ3v) is 5.65. The quantitative estimate of drug-likeness (QED) is 0.556. The minimum Gasteiger partial charge on any atom is -0.373 e. The molecule has 5 rings (SSSR count). The Morgan fingerprint density at radius 2 is 2.17 bits per heavy atom. The van der Waals surface area contributed by atoms with Crippen molar-refractivity contribution in [1.29, 1.82) is 0 Å². The fraction of sp³-hybridized carbons (Fsp3) is 0.381. The van der Waals surface area contributed by atoms with E-state index >= 15 is 0 Å². The summed E-state index contributed by atoms with van der Waals surface area (Å²) in [5, 5.41) is 10.7. The summed E-state index contributed by atoms with van der Waals surface area (Å²) in [6.45, 7) is 2.44. The van der Waals surface area contributed by atoms with Crippen molar-refractivity contribution >= 4 is 22.8 Å². The fourth-order valence-electron chi connectivity index (χ4n) is 3.81. The lowest BCUT2D eigenvalue weighted by Crippen LogP contribution is -2.44. The highest BCUT2D eigenvalue weighted by Crippen LogP contribution is 2.37. The molecule has 4 N–H and O–H groups in total. The number of rotatable bonds is 5. The summed E-state index contributed by atoms with van der Waals surface area (Å²) >= 11 is 0. The minimum absolute atomic E-state index is 0.211. The van der Waals surface area contributed by atoms with Gasteiger partial charge in [0.1, 0.15) is 17.2 Å². The van der Waals surface area contributed by atoms with E-state index in [1.54, 1.807) is 24.1 Å². The van der Waals surface area contributed by atoms with Gasteiger partial charge in [-0.15, -0.1) is 0 Å². The third-order valence-electron chi connectivity index (χ3n) is 5.65. The molecular formula is C21H22FN7O. The van der Waals surface area contributed by atoms with Gasteiger partial charge >= 0.3 is 0 Å². The highest BCUT2D eigenvalue weighted by Gasteiger charge is 2.26. The Morgan fingerprint density at radius 3 is 2.80 bits per heavy atom. The molecule has 3 aromatic rings. The molecule has 2 aliphatic rings. The molecule has 1 aliphatic carbocycles. The number of nitrogens with zero attached hydrogens (tertiary/aromatic N) is 4. The van der Waals surface area contributed by atoms with Gasteiger partial charge in [0.2, 0.25) is 0 Å². The van der Waals surface area contributed by atoms with E-state index in [1.165, 1.54) is 6.07 Å². The first-order valence-electron chi connectivity index (χ1n) is 10.0. The summed E-state index contributed by atoms with van der Waals surface area (Å²) in [6, 6.07) is 3.52. The molecule has 0 bridgehead atoms. The number of benzene rings is 1. The van der Waals surface area contributed by atoms with Crippen LogP contribution in [-0.2, 0) is 6.54 Å². The summed E-state index contributed by atoms with van der Waals surface area (Å²) < 4.78 is 18.4. The van der Waals surface area contributed by atoms with Crippen LogP contribution in [0, 0.1) is 23.6 Å². The van der Waals surface area contributed by atoms with E-state index in [9.17, 15) is 9.18 Å². The summed E-state index contributed by atoms with van der Waals surface area (Å²) in [4.78, 5) is 16.5. The monoisotopic (exact) mass is 407 g/mol. The summed E-state index contributed by atoms with van der Waals surface area (Å²) in [6.07, 6.45) is 3.94. The first-order chi connectivity index (χ1) is 14.5. The summed E-state index contributed by atoms with van der Waals surface area (Å²) in [5.41, 5.74) is 7.73. The molecule has 9 heteroatoms. The lowest BCUT2D eigenvalue weighted by molar-refractivity contribution is 0.100. The Kier molecular flexibility index (Phi) is 4.44. The standard InChI is InChI=1S/C21H22FN7O/c1-24-21-19(20(23)30)16(27-29(21)10-12-8-25-9-12)5-2-13-6-17-18(7-15(13)22)28(11-26-17)14-3-4-14/h6-7,11-12,14,24-25H,3-4,8-10H2,1H3,(H2,23,30). The molecule has 0 radical (unpaired) electrons. The van der Waals surface area contributed by atoms with Gasteiger partial charge in [-0.05, 0) is 24.8 Å². The second-order valence-electron chi connectivity index (χ2n) is 7.85. The molecule has 1 amide bonds. The number of nitrogens with one attached hydrogen (secondary N) is 2. The third kappa shape index (κ3) is 3.19. The topological polar surface area (TPSA) is 103 Å². The molecule has 2 fully saturated rings.